The van der Waals surface area contributed by atoms with Crippen LogP contribution in [0.2, 0.25) is 0 Å². The Morgan fingerprint density at radius 2 is 2.43 bits per heavy atom. The molecule has 2 N–H and O–H groups in total. The van der Waals surface area contributed by atoms with Crippen LogP contribution in [-0.2, 0) is 13.1 Å². The first kappa shape index (κ1) is 9.29. The number of rotatable bonds is 3. The Morgan fingerprint density at radius 3 is 3.00 bits per heavy atom. The molecule has 6 heteroatoms. The highest BCUT2D eigenvalue weighted by molar-refractivity contribution is 7.09. The van der Waals surface area contributed by atoms with E-state index in [1.807, 2.05) is 12.3 Å². The van der Waals surface area contributed by atoms with Crippen molar-refractivity contribution in [2.24, 2.45) is 5.73 Å². The summed E-state index contributed by atoms with van der Waals surface area (Å²) in [5.74, 6) is 0.664. The summed E-state index contributed by atoms with van der Waals surface area (Å²) < 4.78 is 1.75. The van der Waals surface area contributed by atoms with Gasteiger partial charge in [-0.25, -0.2) is 14.6 Å². The second kappa shape index (κ2) is 3.85. The Morgan fingerprint density at radius 1 is 1.57 bits per heavy atom. The molecule has 74 valence electrons. The summed E-state index contributed by atoms with van der Waals surface area (Å²) in [5.41, 5.74) is 6.42. The van der Waals surface area contributed by atoms with Crippen molar-refractivity contribution >= 4 is 11.3 Å². The zero-order valence-corrected chi connectivity index (χ0v) is 8.66. The Labute approximate surface area is 85.6 Å². The topological polar surface area (TPSA) is 69.6 Å². The van der Waals surface area contributed by atoms with Crippen LogP contribution in [0.3, 0.4) is 0 Å². The zero-order chi connectivity index (χ0) is 9.97. The average Bonchev–Trinajstić information content (AvgIpc) is 2.76. The summed E-state index contributed by atoms with van der Waals surface area (Å²) in [7, 11) is 0. The van der Waals surface area contributed by atoms with Crippen molar-refractivity contribution in [3.8, 4) is 0 Å². The van der Waals surface area contributed by atoms with Gasteiger partial charge >= 0.3 is 0 Å². The van der Waals surface area contributed by atoms with E-state index in [0.717, 1.165) is 10.7 Å². The zero-order valence-electron chi connectivity index (χ0n) is 7.84. The highest BCUT2D eigenvalue weighted by Crippen LogP contribution is 2.08. The van der Waals surface area contributed by atoms with Gasteiger partial charge in [0, 0.05) is 5.38 Å². The van der Waals surface area contributed by atoms with Gasteiger partial charge in [-0.15, -0.1) is 11.3 Å². The van der Waals surface area contributed by atoms with Crippen molar-refractivity contribution < 1.29 is 0 Å². The number of hydrogen-bond donors (Lipinski definition) is 1. The maximum Gasteiger partial charge on any atom is 0.164 e. The fourth-order valence-corrected chi connectivity index (χ4v) is 1.75. The molecule has 5 nitrogen and oxygen atoms in total. The fourth-order valence-electron chi connectivity index (χ4n) is 1.15. The molecule has 2 rings (SSSR count). The van der Waals surface area contributed by atoms with Crippen LogP contribution >= 0.6 is 11.3 Å². The molecule has 0 unspecified atom stereocenters. The first-order chi connectivity index (χ1) is 6.78. The van der Waals surface area contributed by atoms with Crippen LogP contribution in [0, 0.1) is 6.92 Å². The highest BCUT2D eigenvalue weighted by atomic mass is 32.1. The van der Waals surface area contributed by atoms with Crippen LogP contribution in [0.25, 0.3) is 0 Å². The predicted octanol–water partition coefficient (Wildman–Crippen LogP) is 0.550. The molecule has 2 aromatic rings. The molecule has 14 heavy (non-hydrogen) atoms. The molecule has 0 aliphatic rings. The van der Waals surface area contributed by atoms with Crippen LogP contribution in [0.5, 0.6) is 0 Å². The van der Waals surface area contributed by atoms with Crippen molar-refractivity contribution in [1.29, 1.82) is 0 Å². The minimum atomic E-state index is 0.378. The quantitative estimate of drug-likeness (QED) is 0.801. The summed E-state index contributed by atoms with van der Waals surface area (Å²) in [4.78, 5) is 8.38. The van der Waals surface area contributed by atoms with Crippen LogP contribution in [0.4, 0.5) is 0 Å². The number of aryl methyl sites for hydroxylation is 1. The van der Waals surface area contributed by atoms with Crippen LogP contribution in [0.1, 0.15) is 16.5 Å². The van der Waals surface area contributed by atoms with Gasteiger partial charge in [0.05, 0.1) is 23.8 Å². The SMILES string of the molecule is Cc1nc(Cn2cnc(CN)n2)cs1. The lowest BCUT2D eigenvalue weighted by molar-refractivity contribution is 0.661. The van der Waals surface area contributed by atoms with Crippen molar-refractivity contribution in [2.45, 2.75) is 20.0 Å². The molecule has 2 heterocycles. The van der Waals surface area contributed by atoms with E-state index in [-0.39, 0.29) is 0 Å². The third kappa shape index (κ3) is 1.97. The van der Waals surface area contributed by atoms with Crippen LogP contribution in [0.15, 0.2) is 11.7 Å². The molecule has 0 amide bonds. The summed E-state index contributed by atoms with van der Waals surface area (Å²) in [6, 6.07) is 0. The molecule has 0 aliphatic heterocycles. The molecule has 0 saturated carbocycles. The average molecular weight is 209 g/mol. The van der Waals surface area contributed by atoms with E-state index in [9.17, 15) is 0 Å². The Hall–Kier alpha value is -1.27. The van der Waals surface area contributed by atoms with Gasteiger partial charge in [0.15, 0.2) is 5.82 Å². The highest BCUT2D eigenvalue weighted by Gasteiger charge is 2.02. The largest absolute Gasteiger partial charge is 0.324 e. The van der Waals surface area contributed by atoms with Gasteiger partial charge in [-0.3, -0.25) is 0 Å². The number of thiazole rings is 1. The summed E-state index contributed by atoms with van der Waals surface area (Å²) >= 11 is 1.64. The smallest absolute Gasteiger partial charge is 0.164 e. The minimum absolute atomic E-state index is 0.378. The summed E-state index contributed by atoms with van der Waals surface area (Å²) in [5, 5.41) is 7.27. The van der Waals surface area contributed by atoms with Crippen LogP contribution < -0.4 is 5.73 Å². The Bertz CT molecular complexity index is 419. The lowest BCUT2D eigenvalue weighted by atomic mass is 10.5. The van der Waals surface area contributed by atoms with Crippen molar-refractivity contribution in [2.75, 3.05) is 0 Å². The van der Waals surface area contributed by atoms with E-state index >= 15 is 0 Å². The van der Waals surface area contributed by atoms with E-state index in [1.165, 1.54) is 0 Å². The number of nitrogens with two attached hydrogens (primary N) is 1. The monoisotopic (exact) mass is 209 g/mol. The van der Waals surface area contributed by atoms with E-state index in [1.54, 1.807) is 22.3 Å². The van der Waals surface area contributed by atoms with Gasteiger partial charge in [0.2, 0.25) is 0 Å². The molecule has 0 fully saturated rings. The second-order valence-electron chi connectivity index (χ2n) is 2.92. The summed E-state index contributed by atoms with van der Waals surface area (Å²) in [6.07, 6.45) is 1.68. The van der Waals surface area contributed by atoms with E-state index in [0.29, 0.717) is 18.9 Å². The normalized spacial score (nSPS) is 10.7. The van der Waals surface area contributed by atoms with E-state index in [2.05, 4.69) is 15.1 Å². The third-order valence-electron chi connectivity index (χ3n) is 1.76. The molecule has 0 spiro atoms. The number of hydrogen-bond acceptors (Lipinski definition) is 5. The maximum absolute atomic E-state index is 5.41. The molecule has 0 radical (unpaired) electrons. The van der Waals surface area contributed by atoms with Gasteiger partial charge in [0.1, 0.15) is 6.33 Å². The Kier molecular flexibility index (Phi) is 2.55. The van der Waals surface area contributed by atoms with E-state index in [4.69, 9.17) is 5.73 Å². The molecular formula is C8H11N5S. The molecule has 0 saturated heterocycles. The standard InChI is InChI=1S/C8H11N5S/c1-6-11-7(4-14-6)3-13-5-10-8(2-9)12-13/h4-5H,2-3,9H2,1H3. The number of nitrogens with zero attached hydrogens (tertiary/aromatic N) is 4. The molecule has 0 aromatic carbocycles. The van der Waals surface area contributed by atoms with Crippen LogP contribution in [-0.4, -0.2) is 19.7 Å². The molecule has 0 bridgehead atoms. The van der Waals surface area contributed by atoms with Gasteiger partial charge < -0.3 is 5.73 Å². The molecule has 0 aliphatic carbocycles. The van der Waals surface area contributed by atoms with Gasteiger partial charge in [-0.2, -0.15) is 5.10 Å². The van der Waals surface area contributed by atoms with Gasteiger partial charge in [-0.1, -0.05) is 0 Å². The molecule has 0 atom stereocenters. The lowest BCUT2D eigenvalue weighted by Gasteiger charge is -1.94. The fraction of sp³-hybridized carbons (Fsp3) is 0.375. The maximum atomic E-state index is 5.41. The summed E-state index contributed by atoms with van der Waals surface area (Å²) in [6.45, 7) is 3.03. The number of aromatic nitrogens is 4. The second-order valence-corrected chi connectivity index (χ2v) is 3.98. The first-order valence-corrected chi connectivity index (χ1v) is 5.15. The lowest BCUT2D eigenvalue weighted by Crippen LogP contribution is -2.03. The predicted molar refractivity (Wildman–Crippen MR) is 53.9 cm³/mol. The first-order valence-electron chi connectivity index (χ1n) is 4.27. The van der Waals surface area contributed by atoms with Crippen molar-refractivity contribution in [3.63, 3.8) is 0 Å². The van der Waals surface area contributed by atoms with Crippen molar-refractivity contribution in [1.82, 2.24) is 19.7 Å². The van der Waals surface area contributed by atoms with Gasteiger partial charge in [0.25, 0.3) is 0 Å². The minimum Gasteiger partial charge on any atom is -0.324 e. The molecule has 2 aromatic heterocycles. The van der Waals surface area contributed by atoms with E-state index < -0.39 is 0 Å². The Balaban J connectivity index is 2.10. The van der Waals surface area contributed by atoms with Gasteiger partial charge in [-0.05, 0) is 6.92 Å². The van der Waals surface area contributed by atoms with Crippen molar-refractivity contribution in [3.05, 3.63) is 28.2 Å². The molecular weight excluding hydrogens is 198 g/mol. The third-order valence-corrected chi connectivity index (χ3v) is 2.58.